The van der Waals surface area contributed by atoms with Crippen LogP contribution in [-0.2, 0) is 6.42 Å². The van der Waals surface area contributed by atoms with Gasteiger partial charge >= 0.3 is 0 Å². The van der Waals surface area contributed by atoms with Gasteiger partial charge in [0.25, 0.3) is 0 Å². The number of rotatable bonds is 5. The Morgan fingerprint density at radius 3 is 2.67 bits per heavy atom. The summed E-state index contributed by atoms with van der Waals surface area (Å²) in [5.41, 5.74) is 1.87. The highest BCUT2D eigenvalue weighted by Gasteiger charge is 2.19. The molecule has 1 aromatic heterocycles. The minimum absolute atomic E-state index is 0.473. The van der Waals surface area contributed by atoms with Gasteiger partial charge in [0.2, 0.25) is 0 Å². The van der Waals surface area contributed by atoms with Crippen LogP contribution in [0.4, 0.5) is 0 Å². The summed E-state index contributed by atoms with van der Waals surface area (Å²) in [5, 5.41) is 3.46. The van der Waals surface area contributed by atoms with Crippen LogP contribution in [0.25, 0.3) is 11.1 Å². The highest BCUT2D eigenvalue weighted by atomic mass is 16.3. The van der Waals surface area contributed by atoms with E-state index in [9.17, 15) is 0 Å². The molecule has 1 N–H and O–H groups in total. The normalized spacial score (nSPS) is 18.7. The van der Waals surface area contributed by atoms with Gasteiger partial charge in [-0.15, -0.1) is 0 Å². The van der Waals surface area contributed by atoms with Gasteiger partial charge < -0.3 is 9.73 Å². The van der Waals surface area contributed by atoms with Crippen LogP contribution in [0.3, 0.4) is 0 Å². The van der Waals surface area contributed by atoms with Crippen LogP contribution < -0.4 is 5.32 Å². The molecule has 1 unspecified atom stereocenters. The second-order valence-electron chi connectivity index (χ2n) is 6.36. The lowest BCUT2D eigenvalue weighted by atomic mass is 9.91. The lowest BCUT2D eigenvalue weighted by Gasteiger charge is -2.21. The molecule has 0 saturated heterocycles. The van der Waals surface area contributed by atoms with E-state index in [1.807, 2.05) is 24.3 Å². The Kier molecular flexibility index (Phi) is 4.91. The molecule has 1 heterocycles. The van der Waals surface area contributed by atoms with E-state index in [0.717, 1.165) is 29.3 Å². The van der Waals surface area contributed by atoms with Gasteiger partial charge in [-0.3, -0.25) is 0 Å². The van der Waals surface area contributed by atoms with Crippen LogP contribution in [0.2, 0.25) is 0 Å². The molecule has 0 bridgehead atoms. The molecule has 2 aromatic rings. The third-order valence-electron chi connectivity index (χ3n) is 4.76. The first-order chi connectivity index (χ1) is 10.3. The molecule has 1 atom stereocenters. The van der Waals surface area contributed by atoms with Crippen molar-refractivity contribution in [3.8, 4) is 0 Å². The molecular weight excluding hydrogens is 260 g/mol. The zero-order chi connectivity index (χ0) is 14.5. The molecule has 0 amide bonds. The van der Waals surface area contributed by atoms with E-state index in [-0.39, 0.29) is 0 Å². The molecule has 1 aromatic carbocycles. The summed E-state index contributed by atoms with van der Waals surface area (Å²) in [6, 6.07) is 8.49. The molecule has 21 heavy (non-hydrogen) atoms. The number of likely N-dealkylation sites (N-methyl/N-ethyl adjacent to an activating group) is 1. The van der Waals surface area contributed by atoms with Crippen molar-refractivity contribution in [2.24, 2.45) is 5.92 Å². The fourth-order valence-electron chi connectivity index (χ4n) is 3.52. The molecule has 114 valence electrons. The monoisotopic (exact) mass is 286 g/mol. The van der Waals surface area contributed by atoms with Crippen LogP contribution in [0, 0.1) is 5.92 Å². The number of hydrogen-bond donors (Lipinski definition) is 1. The molecule has 0 aliphatic heterocycles. The number of para-hydroxylation sites is 2. The van der Waals surface area contributed by atoms with Crippen molar-refractivity contribution in [3.05, 3.63) is 30.2 Å². The minimum atomic E-state index is 0.473. The minimum Gasteiger partial charge on any atom is -0.441 e. The van der Waals surface area contributed by atoms with Crippen molar-refractivity contribution in [3.63, 3.8) is 0 Å². The van der Waals surface area contributed by atoms with Gasteiger partial charge in [-0.05, 0) is 31.5 Å². The highest BCUT2D eigenvalue weighted by molar-refractivity contribution is 5.72. The molecular formula is C18H26N2O. The summed E-state index contributed by atoms with van der Waals surface area (Å²) < 4.78 is 5.86. The summed E-state index contributed by atoms with van der Waals surface area (Å²) in [6.45, 7) is 0. The molecule has 3 heteroatoms. The number of benzene rings is 1. The highest BCUT2D eigenvalue weighted by Crippen LogP contribution is 2.27. The van der Waals surface area contributed by atoms with E-state index in [0.29, 0.717) is 6.04 Å². The van der Waals surface area contributed by atoms with Gasteiger partial charge in [0.1, 0.15) is 5.52 Å². The summed E-state index contributed by atoms with van der Waals surface area (Å²) in [5.74, 6) is 1.73. The number of fused-ring (bicyclic) bond motifs is 1. The first kappa shape index (κ1) is 14.6. The van der Waals surface area contributed by atoms with Crippen LogP contribution in [-0.4, -0.2) is 18.1 Å². The quantitative estimate of drug-likeness (QED) is 0.832. The maximum atomic E-state index is 5.86. The van der Waals surface area contributed by atoms with E-state index in [1.54, 1.807) is 0 Å². The Morgan fingerprint density at radius 2 is 1.95 bits per heavy atom. The van der Waals surface area contributed by atoms with Crippen LogP contribution in [0.5, 0.6) is 0 Å². The van der Waals surface area contributed by atoms with Crippen molar-refractivity contribution in [1.29, 1.82) is 0 Å². The van der Waals surface area contributed by atoms with Crippen LogP contribution >= 0.6 is 0 Å². The predicted molar refractivity (Wildman–Crippen MR) is 86.4 cm³/mol. The summed E-state index contributed by atoms with van der Waals surface area (Å²) in [4.78, 5) is 4.61. The van der Waals surface area contributed by atoms with E-state index < -0.39 is 0 Å². The standard InChI is InChI=1S/C18H26N2O/c1-19-15(12-14-8-4-2-3-5-9-14)13-18-20-16-10-6-7-11-17(16)21-18/h6-7,10-11,14-15,19H,2-5,8-9,12-13H2,1H3. The molecule has 0 spiro atoms. The van der Waals surface area contributed by atoms with Gasteiger partial charge in [0.05, 0.1) is 0 Å². The van der Waals surface area contributed by atoms with E-state index in [2.05, 4.69) is 17.3 Å². The molecule has 1 saturated carbocycles. The number of aromatic nitrogens is 1. The maximum Gasteiger partial charge on any atom is 0.197 e. The lowest BCUT2D eigenvalue weighted by molar-refractivity contribution is 0.346. The molecule has 1 fully saturated rings. The Hall–Kier alpha value is -1.35. The van der Waals surface area contributed by atoms with Crippen LogP contribution in [0.15, 0.2) is 28.7 Å². The average Bonchev–Trinajstić information content (AvgIpc) is 2.73. The third kappa shape index (κ3) is 3.85. The van der Waals surface area contributed by atoms with Crippen molar-refractivity contribution in [1.82, 2.24) is 10.3 Å². The fourth-order valence-corrected chi connectivity index (χ4v) is 3.52. The second-order valence-corrected chi connectivity index (χ2v) is 6.36. The van der Waals surface area contributed by atoms with Gasteiger partial charge in [0, 0.05) is 12.5 Å². The number of hydrogen-bond acceptors (Lipinski definition) is 3. The molecule has 0 radical (unpaired) electrons. The van der Waals surface area contributed by atoms with Crippen molar-refractivity contribution in [2.45, 2.75) is 57.4 Å². The maximum absolute atomic E-state index is 5.86. The topological polar surface area (TPSA) is 38.1 Å². The number of nitrogens with zero attached hydrogens (tertiary/aromatic N) is 1. The van der Waals surface area contributed by atoms with E-state index >= 15 is 0 Å². The van der Waals surface area contributed by atoms with Crippen molar-refractivity contribution >= 4 is 11.1 Å². The largest absolute Gasteiger partial charge is 0.441 e. The van der Waals surface area contributed by atoms with Gasteiger partial charge in [0.15, 0.2) is 11.5 Å². The Bertz CT molecular complexity index is 522. The first-order valence-corrected chi connectivity index (χ1v) is 8.37. The Balaban J connectivity index is 1.63. The summed E-state index contributed by atoms with van der Waals surface area (Å²) >= 11 is 0. The SMILES string of the molecule is CNC(Cc1nc2ccccc2o1)CC1CCCCCC1. The zero-order valence-electron chi connectivity index (χ0n) is 13.0. The smallest absolute Gasteiger partial charge is 0.197 e. The fraction of sp³-hybridized carbons (Fsp3) is 0.611. The Morgan fingerprint density at radius 1 is 1.19 bits per heavy atom. The van der Waals surface area contributed by atoms with Crippen molar-refractivity contribution < 1.29 is 4.42 Å². The number of oxazole rings is 1. The van der Waals surface area contributed by atoms with Gasteiger partial charge in [-0.1, -0.05) is 50.7 Å². The van der Waals surface area contributed by atoms with E-state index in [1.165, 1.54) is 44.9 Å². The summed E-state index contributed by atoms with van der Waals surface area (Å²) in [7, 11) is 2.06. The Labute approximate surface area is 127 Å². The summed E-state index contributed by atoms with van der Waals surface area (Å²) in [6.07, 6.45) is 10.6. The third-order valence-corrected chi connectivity index (χ3v) is 4.76. The first-order valence-electron chi connectivity index (χ1n) is 8.37. The van der Waals surface area contributed by atoms with Crippen molar-refractivity contribution in [2.75, 3.05) is 7.05 Å². The van der Waals surface area contributed by atoms with Gasteiger partial charge in [-0.25, -0.2) is 4.98 Å². The number of nitrogens with one attached hydrogen (secondary N) is 1. The predicted octanol–water partition coefficient (Wildman–Crippen LogP) is 4.32. The molecule has 3 rings (SSSR count). The average molecular weight is 286 g/mol. The van der Waals surface area contributed by atoms with Gasteiger partial charge in [-0.2, -0.15) is 0 Å². The molecule has 3 nitrogen and oxygen atoms in total. The zero-order valence-corrected chi connectivity index (χ0v) is 13.0. The molecule has 1 aliphatic rings. The molecule has 1 aliphatic carbocycles. The van der Waals surface area contributed by atoms with Crippen LogP contribution in [0.1, 0.15) is 50.8 Å². The second kappa shape index (κ2) is 7.08. The lowest BCUT2D eigenvalue weighted by Crippen LogP contribution is -2.30. The van der Waals surface area contributed by atoms with E-state index in [4.69, 9.17) is 4.42 Å².